The average Bonchev–Trinajstić information content (AvgIpc) is 2.71. The molecule has 0 amide bonds. The monoisotopic (exact) mass is 178 g/mol. The maximum Gasteiger partial charge on any atom is 0.136 e. The lowest BCUT2D eigenvalue weighted by Crippen LogP contribution is -2.21. The minimum Gasteiger partial charge on any atom is -0.299 e. The van der Waals surface area contributed by atoms with E-state index in [1.54, 1.807) is 0 Å². The van der Waals surface area contributed by atoms with Crippen LogP contribution in [0.25, 0.3) is 0 Å². The first-order valence-corrected chi connectivity index (χ1v) is 5.85. The second-order valence-electron chi connectivity index (χ2n) is 5.40. The van der Waals surface area contributed by atoms with Gasteiger partial charge in [0.05, 0.1) is 0 Å². The Balaban J connectivity index is 1.61. The number of rotatable bonds is 3. The molecule has 0 spiro atoms. The molecule has 72 valence electrons. The predicted octanol–water partition coefficient (Wildman–Crippen LogP) is 2.79. The topological polar surface area (TPSA) is 17.1 Å². The molecular weight excluding hydrogens is 160 g/mol. The van der Waals surface area contributed by atoms with Crippen LogP contribution in [0.5, 0.6) is 0 Å². The van der Waals surface area contributed by atoms with Crippen LogP contribution < -0.4 is 0 Å². The summed E-state index contributed by atoms with van der Waals surface area (Å²) in [6.07, 6.45) is 8.97. The van der Waals surface area contributed by atoms with E-state index in [0.717, 1.165) is 24.2 Å². The van der Waals surface area contributed by atoms with E-state index in [-0.39, 0.29) is 0 Å². The van der Waals surface area contributed by atoms with Crippen molar-refractivity contribution in [3.8, 4) is 0 Å². The average molecular weight is 178 g/mol. The molecule has 0 aliphatic heterocycles. The number of carbonyl (C=O) groups is 1. The van der Waals surface area contributed by atoms with E-state index in [1.807, 2.05) is 0 Å². The number of hydrogen-bond acceptors (Lipinski definition) is 1. The Kier molecular flexibility index (Phi) is 1.75. The van der Waals surface area contributed by atoms with Gasteiger partial charge >= 0.3 is 0 Å². The smallest absolute Gasteiger partial charge is 0.136 e. The molecule has 3 aliphatic carbocycles. The second-order valence-corrected chi connectivity index (χ2v) is 5.40. The molecule has 3 fully saturated rings. The van der Waals surface area contributed by atoms with E-state index in [2.05, 4.69) is 0 Å². The fraction of sp³-hybridized carbons (Fsp3) is 0.917. The number of fused-ring (bicyclic) bond motifs is 2. The molecule has 3 atom stereocenters. The lowest BCUT2D eigenvalue weighted by molar-refractivity contribution is -0.124. The summed E-state index contributed by atoms with van der Waals surface area (Å²) >= 11 is 0. The van der Waals surface area contributed by atoms with Crippen molar-refractivity contribution in [2.24, 2.45) is 23.7 Å². The van der Waals surface area contributed by atoms with E-state index < -0.39 is 0 Å². The van der Waals surface area contributed by atoms with Crippen molar-refractivity contribution < 1.29 is 4.79 Å². The summed E-state index contributed by atoms with van der Waals surface area (Å²) in [5.41, 5.74) is 0. The van der Waals surface area contributed by atoms with Crippen LogP contribution in [0.4, 0.5) is 0 Å². The molecule has 3 saturated carbocycles. The maximum atomic E-state index is 11.9. The van der Waals surface area contributed by atoms with E-state index in [9.17, 15) is 4.79 Å². The summed E-state index contributed by atoms with van der Waals surface area (Å²) in [5.74, 6) is 3.65. The summed E-state index contributed by atoms with van der Waals surface area (Å²) in [6, 6.07) is 0. The first kappa shape index (κ1) is 8.02. The normalized spacial score (nSPS) is 42.6. The number of Topliss-reactive ketones (excluding diaryl/α,β-unsaturated/α-hetero) is 1. The van der Waals surface area contributed by atoms with Crippen LogP contribution in [-0.4, -0.2) is 5.78 Å². The second kappa shape index (κ2) is 2.83. The molecule has 0 aromatic heterocycles. The van der Waals surface area contributed by atoms with Gasteiger partial charge in [0.2, 0.25) is 0 Å². The summed E-state index contributed by atoms with van der Waals surface area (Å²) < 4.78 is 0. The van der Waals surface area contributed by atoms with Crippen LogP contribution in [0.2, 0.25) is 0 Å². The van der Waals surface area contributed by atoms with Gasteiger partial charge in [-0.25, -0.2) is 0 Å². The fourth-order valence-electron chi connectivity index (χ4n) is 3.40. The van der Waals surface area contributed by atoms with Crippen molar-refractivity contribution in [3.63, 3.8) is 0 Å². The summed E-state index contributed by atoms with van der Waals surface area (Å²) in [5, 5.41) is 0. The number of ketones is 1. The zero-order valence-corrected chi connectivity index (χ0v) is 8.17. The van der Waals surface area contributed by atoms with Gasteiger partial charge in [0.15, 0.2) is 0 Å². The molecule has 3 rings (SSSR count). The van der Waals surface area contributed by atoms with Gasteiger partial charge in [-0.15, -0.1) is 0 Å². The molecule has 3 unspecified atom stereocenters. The highest BCUT2D eigenvalue weighted by atomic mass is 16.1. The highest BCUT2D eigenvalue weighted by molar-refractivity contribution is 5.82. The van der Waals surface area contributed by atoms with Gasteiger partial charge in [-0.1, -0.05) is 6.42 Å². The van der Waals surface area contributed by atoms with Crippen molar-refractivity contribution in [2.75, 3.05) is 0 Å². The largest absolute Gasteiger partial charge is 0.299 e. The number of carbonyl (C=O) groups excluding carboxylic acids is 1. The van der Waals surface area contributed by atoms with E-state index in [4.69, 9.17) is 0 Å². The molecule has 1 heteroatoms. The SMILES string of the molecule is O=C(CC1CC1)C1CC2CCC1C2. The minimum atomic E-state index is 0.499. The van der Waals surface area contributed by atoms with Gasteiger partial charge in [-0.2, -0.15) is 0 Å². The van der Waals surface area contributed by atoms with Crippen molar-refractivity contribution in [1.82, 2.24) is 0 Å². The van der Waals surface area contributed by atoms with Crippen molar-refractivity contribution in [1.29, 1.82) is 0 Å². The molecule has 13 heavy (non-hydrogen) atoms. The summed E-state index contributed by atoms with van der Waals surface area (Å²) in [7, 11) is 0. The highest BCUT2D eigenvalue weighted by Gasteiger charge is 2.43. The zero-order valence-electron chi connectivity index (χ0n) is 8.17. The molecule has 0 aromatic rings. The number of hydrogen-bond donors (Lipinski definition) is 0. The van der Waals surface area contributed by atoms with E-state index >= 15 is 0 Å². The lowest BCUT2D eigenvalue weighted by Gasteiger charge is -2.19. The Bertz CT molecular complexity index is 229. The Morgan fingerprint density at radius 3 is 2.46 bits per heavy atom. The van der Waals surface area contributed by atoms with E-state index in [1.165, 1.54) is 38.5 Å². The first-order valence-electron chi connectivity index (χ1n) is 5.85. The third-order valence-electron chi connectivity index (χ3n) is 4.34. The van der Waals surface area contributed by atoms with Gasteiger partial charge in [0.25, 0.3) is 0 Å². The van der Waals surface area contributed by atoms with Crippen LogP contribution in [0.1, 0.15) is 44.9 Å². The molecule has 0 aromatic carbocycles. The Hall–Kier alpha value is -0.330. The molecule has 0 heterocycles. The molecule has 3 aliphatic rings. The molecule has 0 saturated heterocycles. The Labute approximate surface area is 79.9 Å². The molecular formula is C12H18O. The lowest BCUT2D eigenvalue weighted by atomic mass is 9.84. The standard InChI is InChI=1S/C12H18O/c13-12(7-8-1-2-8)11-6-9-3-4-10(11)5-9/h8-11H,1-7H2. The highest BCUT2D eigenvalue weighted by Crippen LogP contribution is 2.49. The molecule has 1 nitrogen and oxygen atoms in total. The van der Waals surface area contributed by atoms with E-state index in [0.29, 0.717) is 11.7 Å². The van der Waals surface area contributed by atoms with Crippen LogP contribution in [-0.2, 0) is 4.79 Å². The van der Waals surface area contributed by atoms with Gasteiger partial charge in [0.1, 0.15) is 5.78 Å². The summed E-state index contributed by atoms with van der Waals surface area (Å²) in [4.78, 5) is 11.9. The summed E-state index contributed by atoms with van der Waals surface area (Å²) in [6.45, 7) is 0. The van der Waals surface area contributed by atoms with Crippen LogP contribution in [0, 0.1) is 23.7 Å². The van der Waals surface area contributed by atoms with Gasteiger partial charge in [0, 0.05) is 12.3 Å². The third kappa shape index (κ3) is 1.43. The Morgan fingerprint density at radius 1 is 1.08 bits per heavy atom. The van der Waals surface area contributed by atoms with Gasteiger partial charge < -0.3 is 0 Å². The van der Waals surface area contributed by atoms with Gasteiger partial charge in [-0.05, 0) is 49.9 Å². The van der Waals surface area contributed by atoms with Crippen LogP contribution in [0.3, 0.4) is 0 Å². The Morgan fingerprint density at radius 2 is 1.92 bits per heavy atom. The van der Waals surface area contributed by atoms with Crippen molar-refractivity contribution >= 4 is 5.78 Å². The third-order valence-corrected chi connectivity index (χ3v) is 4.34. The minimum absolute atomic E-state index is 0.499. The fourth-order valence-corrected chi connectivity index (χ4v) is 3.40. The molecule has 0 N–H and O–H groups in total. The van der Waals surface area contributed by atoms with Gasteiger partial charge in [-0.3, -0.25) is 4.79 Å². The maximum absolute atomic E-state index is 11.9. The van der Waals surface area contributed by atoms with Crippen LogP contribution >= 0.6 is 0 Å². The molecule has 0 radical (unpaired) electrons. The quantitative estimate of drug-likeness (QED) is 0.649. The van der Waals surface area contributed by atoms with Crippen molar-refractivity contribution in [3.05, 3.63) is 0 Å². The van der Waals surface area contributed by atoms with Crippen LogP contribution in [0.15, 0.2) is 0 Å². The molecule has 2 bridgehead atoms. The first-order chi connectivity index (χ1) is 6.33. The van der Waals surface area contributed by atoms with Crippen molar-refractivity contribution in [2.45, 2.75) is 44.9 Å². The zero-order chi connectivity index (χ0) is 8.84. The predicted molar refractivity (Wildman–Crippen MR) is 51.3 cm³/mol.